The van der Waals surface area contributed by atoms with Gasteiger partial charge in [-0.2, -0.15) is 5.26 Å². The molecule has 9 rings (SSSR count). The summed E-state index contributed by atoms with van der Waals surface area (Å²) in [5.41, 5.74) is 15.0. The fraction of sp³-hybridized carbons (Fsp3) is 0.0625. The molecule has 0 fully saturated rings. The van der Waals surface area contributed by atoms with Crippen LogP contribution >= 0.6 is 0 Å². The maximum absolute atomic E-state index is 9.38. The van der Waals surface area contributed by atoms with Gasteiger partial charge in [0.1, 0.15) is 0 Å². The standard InChI is InChI=1S/C48H33N3/c1-48(2)42-21-11-20-39(46(42)41-27-34-14-6-7-15-35(34)28-43(41)48)36-16-10-17-37(26-36)44-29-45(51-47(50-44)33-12-4-3-5-13-33)40-19-9-8-18-38(40)32-24-22-31(30-49)23-25-32/h3-29H,1-2H3. The van der Waals surface area contributed by atoms with Gasteiger partial charge in [0.15, 0.2) is 5.82 Å². The third-order valence-electron chi connectivity index (χ3n) is 10.3. The van der Waals surface area contributed by atoms with Gasteiger partial charge in [0.05, 0.1) is 23.0 Å². The quantitative estimate of drug-likeness (QED) is 0.186. The fourth-order valence-electron chi connectivity index (χ4n) is 7.69. The highest BCUT2D eigenvalue weighted by atomic mass is 14.9. The van der Waals surface area contributed by atoms with Crippen LogP contribution in [0.5, 0.6) is 0 Å². The first-order chi connectivity index (χ1) is 25.0. The molecule has 0 unspecified atom stereocenters. The first-order valence-corrected chi connectivity index (χ1v) is 17.3. The van der Waals surface area contributed by atoms with Crippen molar-refractivity contribution in [3.05, 3.63) is 180 Å². The summed E-state index contributed by atoms with van der Waals surface area (Å²) in [6.07, 6.45) is 0. The third kappa shape index (κ3) is 5.21. The summed E-state index contributed by atoms with van der Waals surface area (Å²) in [7, 11) is 0. The van der Waals surface area contributed by atoms with Gasteiger partial charge in [-0.05, 0) is 91.7 Å². The summed E-state index contributed by atoms with van der Waals surface area (Å²) in [5.74, 6) is 0.672. The normalized spacial score (nSPS) is 12.6. The van der Waals surface area contributed by atoms with Gasteiger partial charge < -0.3 is 0 Å². The summed E-state index contributed by atoms with van der Waals surface area (Å²) in [4.78, 5) is 10.3. The van der Waals surface area contributed by atoms with Crippen LogP contribution < -0.4 is 0 Å². The van der Waals surface area contributed by atoms with E-state index in [-0.39, 0.29) is 5.41 Å². The zero-order chi connectivity index (χ0) is 34.5. The SMILES string of the molecule is CC1(C)c2cc3ccccc3cc2-c2c(-c3cccc(-c4cc(-c5ccccc5-c5ccc(C#N)cc5)nc(-c5ccccc5)n4)c3)cccc21. The Morgan fingerprint density at radius 1 is 0.451 bits per heavy atom. The van der Waals surface area contributed by atoms with E-state index in [1.165, 1.54) is 38.6 Å². The van der Waals surface area contributed by atoms with Gasteiger partial charge in [0.25, 0.3) is 0 Å². The maximum Gasteiger partial charge on any atom is 0.160 e. The summed E-state index contributed by atoms with van der Waals surface area (Å²) in [6, 6.07) is 59.5. The second-order valence-corrected chi connectivity index (χ2v) is 13.7. The number of hydrogen-bond donors (Lipinski definition) is 0. The lowest BCUT2D eigenvalue weighted by molar-refractivity contribution is 0.661. The van der Waals surface area contributed by atoms with Crippen molar-refractivity contribution in [3.63, 3.8) is 0 Å². The van der Waals surface area contributed by atoms with Gasteiger partial charge in [-0.25, -0.2) is 9.97 Å². The molecule has 1 aromatic heterocycles. The number of hydrogen-bond acceptors (Lipinski definition) is 3. The van der Waals surface area contributed by atoms with Crippen molar-refractivity contribution in [1.29, 1.82) is 5.26 Å². The molecule has 0 N–H and O–H groups in total. The molecule has 51 heavy (non-hydrogen) atoms. The smallest absolute Gasteiger partial charge is 0.160 e. The van der Waals surface area contributed by atoms with Crippen molar-refractivity contribution < 1.29 is 0 Å². The number of fused-ring (bicyclic) bond motifs is 4. The number of nitriles is 1. The first kappa shape index (κ1) is 30.4. The van der Waals surface area contributed by atoms with Crippen molar-refractivity contribution >= 4 is 10.8 Å². The van der Waals surface area contributed by atoms with E-state index in [0.29, 0.717) is 11.4 Å². The highest BCUT2D eigenvalue weighted by molar-refractivity contribution is 5.99. The minimum atomic E-state index is -0.114. The largest absolute Gasteiger partial charge is 0.228 e. The molecule has 0 saturated heterocycles. The van der Waals surface area contributed by atoms with Gasteiger partial charge in [0.2, 0.25) is 0 Å². The second kappa shape index (κ2) is 12.1. The van der Waals surface area contributed by atoms with Crippen molar-refractivity contribution in [2.75, 3.05) is 0 Å². The molecule has 240 valence electrons. The molecule has 8 aromatic rings. The molecule has 0 atom stereocenters. The molecule has 0 aliphatic heterocycles. The second-order valence-electron chi connectivity index (χ2n) is 13.7. The van der Waals surface area contributed by atoms with Crippen LogP contribution in [0.25, 0.3) is 78.1 Å². The van der Waals surface area contributed by atoms with Crippen molar-refractivity contribution in [2.24, 2.45) is 0 Å². The van der Waals surface area contributed by atoms with Crippen molar-refractivity contribution in [1.82, 2.24) is 9.97 Å². The first-order valence-electron chi connectivity index (χ1n) is 17.3. The summed E-state index contributed by atoms with van der Waals surface area (Å²) >= 11 is 0. The van der Waals surface area contributed by atoms with Crippen LogP contribution in [0.15, 0.2) is 164 Å². The van der Waals surface area contributed by atoms with Gasteiger partial charge in [-0.15, -0.1) is 0 Å². The predicted molar refractivity (Wildman–Crippen MR) is 209 cm³/mol. The molecule has 3 heteroatoms. The molecular weight excluding hydrogens is 619 g/mol. The van der Waals surface area contributed by atoms with Crippen LogP contribution in [0.2, 0.25) is 0 Å². The van der Waals surface area contributed by atoms with E-state index >= 15 is 0 Å². The Morgan fingerprint density at radius 3 is 1.86 bits per heavy atom. The molecular formula is C48H33N3. The van der Waals surface area contributed by atoms with E-state index in [0.717, 1.165) is 44.8 Å². The van der Waals surface area contributed by atoms with Crippen molar-refractivity contribution in [3.8, 4) is 73.4 Å². The average Bonchev–Trinajstić information content (AvgIpc) is 3.42. The Balaban J connectivity index is 1.21. The molecule has 0 bridgehead atoms. The van der Waals surface area contributed by atoms with E-state index in [1.54, 1.807) is 0 Å². The van der Waals surface area contributed by atoms with E-state index in [1.807, 2.05) is 54.6 Å². The van der Waals surface area contributed by atoms with E-state index in [4.69, 9.17) is 9.97 Å². The summed E-state index contributed by atoms with van der Waals surface area (Å²) in [6.45, 7) is 4.69. The zero-order valence-corrected chi connectivity index (χ0v) is 28.4. The number of nitrogens with zero attached hydrogens (tertiary/aromatic N) is 3. The van der Waals surface area contributed by atoms with Gasteiger partial charge in [0, 0.05) is 22.1 Å². The van der Waals surface area contributed by atoms with Gasteiger partial charge in [-0.1, -0.05) is 141 Å². The molecule has 7 aromatic carbocycles. The lowest BCUT2D eigenvalue weighted by Crippen LogP contribution is -2.14. The molecule has 0 saturated carbocycles. The van der Waals surface area contributed by atoms with Crippen LogP contribution in [0.4, 0.5) is 0 Å². The van der Waals surface area contributed by atoms with Gasteiger partial charge >= 0.3 is 0 Å². The lowest BCUT2D eigenvalue weighted by Gasteiger charge is -2.22. The minimum Gasteiger partial charge on any atom is -0.228 e. The molecule has 1 aliphatic carbocycles. The van der Waals surface area contributed by atoms with Gasteiger partial charge in [-0.3, -0.25) is 0 Å². The number of rotatable bonds is 5. The topological polar surface area (TPSA) is 49.6 Å². The van der Waals surface area contributed by atoms with Crippen LogP contribution in [0.3, 0.4) is 0 Å². The lowest BCUT2D eigenvalue weighted by atomic mass is 9.81. The Hall–Kier alpha value is -6.63. The Bertz CT molecular complexity index is 2660. The highest BCUT2D eigenvalue weighted by Crippen LogP contribution is 2.53. The Labute approximate surface area is 298 Å². The minimum absolute atomic E-state index is 0.114. The molecule has 0 radical (unpaired) electrons. The van der Waals surface area contributed by atoms with Crippen molar-refractivity contribution in [2.45, 2.75) is 19.3 Å². The number of benzene rings is 7. The van der Waals surface area contributed by atoms with E-state index in [9.17, 15) is 5.26 Å². The molecule has 0 amide bonds. The molecule has 3 nitrogen and oxygen atoms in total. The monoisotopic (exact) mass is 651 g/mol. The fourth-order valence-corrected chi connectivity index (χ4v) is 7.69. The van der Waals surface area contributed by atoms with Crippen LogP contribution in [0, 0.1) is 11.3 Å². The molecule has 1 heterocycles. The van der Waals surface area contributed by atoms with E-state index < -0.39 is 0 Å². The maximum atomic E-state index is 9.38. The number of aromatic nitrogens is 2. The Morgan fingerprint density at radius 2 is 1.08 bits per heavy atom. The highest BCUT2D eigenvalue weighted by Gasteiger charge is 2.37. The summed E-state index contributed by atoms with van der Waals surface area (Å²) < 4.78 is 0. The van der Waals surface area contributed by atoms with Crippen LogP contribution in [0.1, 0.15) is 30.5 Å². The Kier molecular flexibility index (Phi) is 7.19. The molecule has 0 spiro atoms. The van der Waals surface area contributed by atoms with E-state index in [2.05, 4.69) is 129 Å². The van der Waals surface area contributed by atoms with Crippen LogP contribution in [-0.4, -0.2) is 9.97 Å². The average molecular weight is 652 g/mol. The molecule has 1 aliphatic rings. The summed E-state index contributed by atoms with van der Waals surface area (Å²) in [5, 5.41) is 11.9. The van der Waals surface area contributed by atoms with Crippen LogP contribution in [-0.2, 0) is 5.41 Å². The predicted octanol–water partition coefficient (Wildman–Crippen LogP) is 12.1. The third-order valence-corrected chi connectivity index (χ3v) is 10.3. The zero-order valence-electron chi connectivity index (χ0n) is 28.4.